The van der Waals surface area contributed by atoms with Crippen molar-refractivity contribution in [2.75, 3.05) is 4.90 Å². The van der Waals surface area contributed by atoms with Crippen LogP contribution in [0.1, 0.15) is 16.1 Å². The van der Waals surface area contributed by atoms with Crippen LogP contribution in [0.4, 0.5) is 5.69 Å². The predicted octanol–water partition coefficient (Wildman–Crippen LogP) is 4.04. The van der Waals surface area contributed by atoms with E-state index in [1.807, 2.05) is 24.3 Å². The molecular weight excluding hydrogens is 427 g/mol. The average Bonchev–Trinajstić information content (AvgIpc) is 3.16. The molecule has 0 spiro atoms. The van der Waals surface area contributed by atoms with Crippen molar-refractivity contribution < 1.29 is 14.6 Å². The van der Waals surface area contributed by atoms with Gasteiger partial charge >= 0.3 is 7.12 Å². The fourth-order valence-electron chi connectivity index (χ4n) is 4.14. The van der Waals surface area contributed by atoms with Gasteiger partial charge in [-0.05, 0) is 34.8 Å². The highest BCUT2D eigenvalue weighted by Gasteiger charge is 2.17. The number of hydrogen-bond acceptors (Lipinski definition) is 4. The lowest BCUT2D eigenvalue weighted by Crippen LogP contribution is -2.30. The minimum atomic E-state index is -1.46. The van der Waals surface area contributed by atoms with Gasteiger partial charge in [0.2, 0.25) is 5.52 Å². The van der Waals surface area contributed by atoms with E-state index in [2.05, 4.69) is 89.5 Å². The Morgan fingerprint density at radius 3 is 2.67 bits per heavy atom. The Labute approximate surface area is 197 Å². The minimum absolute atomic E-state index is 0.502. The van der Waals surface area contributed by atoms with E-state index in [0.717, 1.165) is 16.8 Å². The molecule has 6 heteroatoms. The van der Waals surface area contributed by atoms with Crippen LogP contribution < -0.4 is 14.9 Å². The molecule has 1 aliphatic rings. The van der Waals surface area contributed by atoms with Crippen molar-refractivity contribution in [3.63, 3.8) is 0 Å². The number of fused-ring (bicyclic) bond motifs is 2. The molecule has 1 aliphatic heterocycles. The molecule has 4 nitrogen and oxygen atoms in total. The SMILES string of the molecule is C[n+]1c(/C=C/C=C2\C=CN(Cc3cccc(B(O)O)c3)c3ccccc32)sc2ccccc21. The number of benzene rings is 3. The number of aromatic nitrogens is 1. The second-order valence-electron chi connectivity index (χ2n) is 8.03. The molecule has 0 amide bonds. The van der Waals surface area contributed by atoms with Crippen LogP contribution in [0.15, 0.2) is 97.2 Å². The van der Waals surface area contributed by atoms with Gasteiger partial charge in [0, 0.05) is 36.1 Å². The van der Waals surface area contributed by atoms with E-state index in [1.165, 1.54) is 20.8 Å². The molecule has 0 saturated carbocycles. The minimum Gasteiger partial charge on any atom is -0.423 e. The Balaban J connectivity index is 1.41. The lowest BCUT2D eigenvalue weighted by Gasteiger charge is -2.28. The maximum atomic E-state index is 9.48. The molecule has 0 aliphatic carbocycles. The summed E-state index contributed by atoms with van der Waals surface area (Å²) >= 11 is 1.79. The fourth-order valence-corrected chi connectivity index (χ4v) is 5.20. The summed E-state index contributed by atoms with van der Waals surface area (Å²) in [6.45, 7) is 0.648. The van der Waals surface area contributed by atoms with Crippen molar-refractivity contribution in [1.29, 1.82) is 0 Å². The zero-order valence-corrected chi connectivity index (χ0v) is 19.1. The first-order chi connectivity index (χ1) is 16.1. The van der Waals surface area contributed by atoms with Crippen molar-refractivity contribution in [1.82, 2.24) is 0 Å². The van der Waals surface area contributed by atoms with Crippen LogP contribution in [0, 0.1) is 0 Å². The zero-order valence-electron chi connectivity index (χ0n) is 18.3. The monoisotopic (exact) mass is 451 g/mol. The molecule has 5 rings (SSSR count). The number of allylic oxidation sites excluding steroid dienone is 4. The second kappa shape index (κ2) is 9.20. The quantitative estimate of drug-likeness (QED) is 0.356. The summed E-state index contributed by atoms with van der Waals surface area (Å²) in [5, 5.41) is 20.2. The van der Waals surface area contributed by atoms with Crippen molar-refractivity contribution in [2.24, 2.45) is 7.05 Å². The third-order valence-corrected chi connectivity index (χ3v) is 7.03. The fraction of sp³-hybridized carbons (Fsp3) is 0.0741. The van der Waals surface area contributed by atoms with Crippen LogP contribution in [0.5, 0.6) is 0 Å². The van der Waals surface area contributed by atoms with E-state index < -0.39 is 7.12 Å². The lowest BCUT2D eigenvalue weighted by atomic mass is 9.79. The number of nitrogens with zero attached hydrogens (tertiary/aromatic N) is 2. The molecule has 162 valence electrons. The summed E-state index contributed by atoms with van der Waals surface area (Å²) in [5.74, 6) is 0. The van der Waals surface area contributed by atoms with E-state index >= 15 is 0 Å². The highest BCUT2D eigenvalue weighted by atomic mass is 32.1. The summed E-state index contributed by atoms with van der Waals surface area (Å²) in [6, 6.07) is 24.2. The Bertz CT molecular complexity index is 1400. The van der Waals surface area contributed by atoms with E-state index in [-0.39, 0.29) is 0 Å². The van der Waals surface area contributed by atoms with Crippen molar-refractivity contribution in [2.45, 2.75) is 6.54 Å². The molecule has 0 saturated heterocycles. The average molecular weight is 451 g/mol. The van der Waals surface area contributed by atoms with Crippen LogP contribution in [0.3, 0.4) is 0 Å². The number of thiazole rings is 1. The van der Waals surface area contributed by atoms with Gasteiger partial charge in [-0.1, -0.05) is 78.1 Å². The number of para-hydroxylation sites is 2. The number of aryl methyl sites for hydroxylation is 1. The molecule has 0 fully saturated rings. The summed E-state index contributed by atoms with van der Waals surface area (Å²) in [5.41, 5.74) is 6.21. The molecule has 3 aromatic carbocycles. The molecule has 0 bridgehead atoms. The van der Waals surface area contributed by atoms with Crippen molar-refractivity contribution >= 4 is 51.5 Å². The molecular formula is C27H24BN2O2S+. The molecule has 0 atom stereocenters. The Morgan fingerprint density at radius 2 is 1.82 bits per heavy atom. The van der Waals surface area contributed by atoms with Crippen LogP contribution in [-0.4, -0.2) is 17.2 Å². The number of rotatable bonds is 5. The summed E-state index contributed by atoms with van der Waals surface area (Å²) in [7, 11) is 0.641. The largest absolute Gasteiger partial charge is 0.488 e. The standard InChI is InChI=1S/C27H24BN2O2S/c1-29-25-13-4-5-14-26(25)33-27(29)15-7-9-21-16-17-30(24-12-3-2-11-23(21)24)19-20-8-6-10-22(18-20)28(31)32/h2-18,31-32H,19H2,1H3/q+1. The van der Waals surface area contributed by atoms with E-state index in [4.69, 9.17) is 0 Å². The zero-order chi connectivity index (χ0) is 22.8. The third-order valence-electron chi connectivity index (χ3n) is 5.85. The molecule has 0 radical (unpaired) electrons. The predicted molar refractivity (Wildman–Crippen MR) is 138 cm³/mol. The van der Waals surface area contributed by atoms with Gasteiger partial charge in [0.25, 0.3) is 5.01 Å². The Morgan fingerprint density at radius 1 is 1.00 bits per heavy atom. The maximum absolute atomic E-state index is 9.48. The van der Waals surface area contributed by atoms with Gasteiger partial charge in [-0.2, -0.15) is 4.57 Å². The van der Waals surface area contributed by atoms with Gasteiger partial charge in [-0.3, -0.25) is 0 Å². The lowest BCUT2D eigenvalue weighted by molar-refractivity contribution is -0.642. The highest BCUT2D eigenvalue weighted by Crippen LogP contribution is 2.33. The Kier molecular flexibility index (Phi) is 5.96. The molecule has 33 heavy (non-hydrogen) atoms. The van der Waals surface area contributed by atoms with Gasteiger partial charge in [-0.25, -0.2) is 0 Å². The first-order valence-electron chi connectivity index (χ1n) is 10.9. The molecule has 2 N–H and O–H groups in total. The first kappa shape index (κ1) is 21.4. The van der Waals surface area contributed by atoms with Gasteiger partial charge in [0.15, 0.2) is 0 Å². The molecule has 2 heterocycles. The first-order valence-corrected chi connectivity index (χ1v) is 11.7. The Hall–Kier alpha value is -3.45. The van der Waals surface area contributed by atoms with Crippen molar-refractivity contribution in [3.05, 3.63) is 113 Å². The van der Waals surface area contributed by atoms with Gasteiger partial charge < -0.3 is 14.9 Å². The summed E-state index contributed by atoms with van der Waals surface area (Å²) in [6.07, 6.45) is 10.6. The van der Waals surface area contributed by atoms with Gasteiger partial charge in [0.1, 0.15) is 11.7 Å². The summed E-state index contributed by atoms with van der Waals surface area (Å²) in [4.78, 5) is 2.19. The van der Waals surface area contributed by atoms with Crippen LogP contribution in [0.2, 0.25) is 0 Å². The second-order valence-corrected chi connectivity index (χ2v) is 9.09. The number of anilines is 1. The van der Waals surface area contributed by atoms with Crippen LogP contribution in [0.25, 0.3) is 21.9 Å². The van der Waals surface area contributed by atoms with Crippen LogP contribution in [-0.2, 0) is 13.6 Å². The van der Waals surface area contributed by atoms with E-state index in [1.54, 1.807) is 17.4 Å². The molecule has 1 aromatic heterocycles. The normalized spacial score (nSPS) is 14.4. The molecule has 4 aromatic rings. The maximum Gasteiger partial charge on any atom is 0.488 e. The highest BCUT2D eigenvalue weighted by molar-refractivity contribution is 7.18. The summed E-state index contributed by atoms with van der Waals surface area (Å²) < 4.78 is 3.50. The van der Waals surface area contributed by atoms with Crippen molar-refractivity contribution in [3.8, 4) is 0 Å². The number of hydrogen-bond donors (Lipinski definition) is 2. The van der Waals surface area contributed by atoms with Gasteiger partial charge in [-0.15, -0.1) is 0 Å². The van der Waals surface area contributed by atoms with Gasteiger partial charge in [0.05, 0.1) is 0 Å². The van der Waals surface area contributed by atoms with Crippen LogP contribution >= 0.6 is 11.3 Å². The van der Waals surface area contributed by atoms with E-state index in [9.17, 15) is 10.0 Å². The third kappa shape index (κ3) is 4.41. The van der Waals surface area contributed by atoms with E-state index in [0.29, 0.717) is 12.0 Å². The topological polar surface area (TPSA) is 47.6 Å². The smallest absolute Gasteiger partial charge is 0.423 e. The molecule has 0 unspecified atom stereocenters.